The lowest BCUT2D eigenvalue weighted by molar-refractivity contribution is 0.0963. The van der Waals surface area contributed by atoms with Crippen molar-refractivity contribution in [3.8, 4) is 0 Å². The fraction of sp³-hybridized carbons (Fsp3) is 0.462. The summed E-state index contributed by atoms with van der Waals surface area (Å²) in [5, 5.41) is 9.70. The van der Waals surface area contributed by atoms with Crippen molar-refractivity contribution in [2.45, 2.75) is 51.7 Å². The minimum atomic E-state index is -0.0573. The number of rotatable bonds is 8. The molecule has 6 nitrogen and oxygen atoms in total. The number of halogens is 1. The Balaban J connectivity index is 0.00000385. The molecule has 1 heterocycles. The summed E-state index contributed by atoms with van der Waals surface area (Å²) in [7, 11) is 1.65. The smallest absolute Gasteiger partial charge is 0.251 e. The molecule has 3 rings (SSSR count). The molecule has 3 N–H and O–H groups in total. The average Bonchev–Trinajstić information content (AvgIpc) is 2.81. The molecule has 0 aliphatic carbocycles. The lowest BCUT2D eigenvalue weighted by atomic mass is 9.97. The van der Waals surface area contributed by atoms with E-state index in [-0.39, 0.29) is 29.9 Å². The van der Waals surface area contributed by atoms with Crippen LogP contribution in [0.4, 0.5) is 0 Å². The second-order valence-corrected chi connectivity index (χ2v) is 8.46. The van der Waals surface area contributed by atoms with Crippen LogP contribution in [-0.4, -0.2) is 55.5 Å². The zero-order valence-corrected chi connectivity index (χ0v) is 22.3. The Morgan fingerprint density at radius 1 is 1.12 bits per heavy atom. The molecule has 1 amide bonds. The third kappa shape index (κ3) is 8.62. The van der Waals surface area contributed by atoms with Gasteiger partial charge in [0.25, 0.3) is 5.91 Å². The zero-order chi connectivity index (χ0) is 22.8. The molecule has 1 saturated heterocycles. The molecule has 7 heteroatoms. The van der Waals surface area contributed by atoms with Crippen LogP contribution in [0.3, 0.4) is 0 Å². The molecular weight excluding hydrogens is 525 g/mol. The SMILES string of the molecule is CCNC(=NCCc1cccc(C(=O)NC)c1)NC1CCN(Cc2ccccc2)C(C)C1.I. The molecule has 0 aromatic heterocycles. The van der Waals surface area contributed by atoms with E-state index in [4.69, 9.17) is 4.99 Å². The Morgan fingerprint density at radius 2 is 1.88 bits per heavy atom. The highest BCUT2D eigenvalue weighted by Gasteiger charge is 2.25. The highest BCUT2D eigenvalue weighted by Crippen LogP contribution is 2.20. The number of amides is 1. The van der Waals surface area contributed by atoms with Crippen molar-refractivity contribution >= 4 is 35.8 Å². The molecule has 2 unspecified atom stereocenters. The summed E-state index contributed by atoms with van der Waals surface area (Å²) in [6, 6.07) is 19.4. The van der Waals surface area contributed by atoms with Gasteiger partial charge >= 0.3 is 0 Å². The predicted octanol–water partition coefficient (Wildman–Crippen LogP) is 3.81. The summed E-state index contributed by atoms with van der Waals surface area (Å²) in [5.74, 6) is 0.821. The van der Waals surface area contributed by atoms with Gasteiger partial charge in [-0.05, 0) is 56.4 Å². The Morgan fingerprint density at radius 3 is 2.58 bits per heavy atom. The monoisotopic (exact) mass is 563 g/mol. The van der Waals surface area contributed by atoms with E-state index in [1.165, 1.54) is 5.56 Å². The van der Waals surface area contributed by atoms with Crippen molar-refractivity contribution in [3.63, 3.8) is 0 Å². The summed E-state index contributed by atoms with van der Waals surface area (Å²) in [6.07, 6.45) is 3.01. The number of piperidine rings is 1. The van der Waals surface area contributed by atoms with E-state index < -0.39 is 0 Å². The van der Waals surface area contributed by atoms with Crippen LogP contribution < -0.4 is 16.0 Å². The molecule has 1 aliphatic rings. The first kappa shape index (κ1) is 27.1. The molecule has 0 saturated carbocycles. The van der Waals surface area contributed by atoms with E-state index in [9.17, 15) is 4.79 Å². The van der Waals surface area contributed by atoms with Crippen molar-refractivity contribution < 1.29 is 4.79 Å². The average molecular weight is 564 g/mol. The van der Waals surface area contributed by atoms with E-state index in [1.54, 1.807) is 7.05 Å². The standard InChI is InChI=1S/C26H37N5O.HI/c1-4-28-26(29-15-13-21-11-8-12-23(18-21)25(32)27-3)30-24-14-16-31(20(2)17-24)19-22-9-6-5-7-10-22;/h5-12,18,20,24H,4,13-17,19H2,1-3H3,(H,27,32)(H2,28,29,30);1H. The Kier molecular flexibility index (Phi) is 11.7. The molecular formula is C26H38IN5O. The van der Waals surface area contributed by atoms with E-state index >= 15 is 0 Å². The predicted molar refractivity (Wildman–Crippen MR) is 147 cm³/mol. The highest BCUT2D eigenvalue weighted by atomic mass is 127. The molecule has 2 aromatic rings. The maximum absolute atomic E-state index is 11.8. The van der Waals surface area contributed by atoms with Crippen LogP contribution in [0.2, 0.25) is 0 Å². The van der Waals surface area contributed by atoms with Crippen LogP contribution >= 0.6 is 24.0 Å². The largest absolute Gasteiger partial charge is 0.357 e. The van der Waals surface area contributed by atoms with Gasteiger partial charge in [0, 0.05) is 50.9 Å². The van der Waals surface area contributed by atoms with Gasteiger partial charge in [-0.2, -0.15) is 0 Å². The number of nitrogens with one attached hydrogen (secondary N) is 3. The van der Waals surface area contributed by atoms with E-state index in [0.29, 0.717) is 24.2 Å². The molecule has 0 spiro atoms. The van der Waals surface area contributed by atoms with Crippen LogP contribution in [0.25, 0.3) is 0 Å². The molecule has 1 fully saturated rings. The summed E-state index contributed by atoms with van der Waals surface area (Å²) < 4.78 is 0. The van der Waals surface area contributed by atoms with Gasteiger partial charge in [-0.25, -0.2) is 0 Å². The summed E-state index contributed by atoms with van der Waals surface area (Å²) >= 11 is 0. The first-order valence-corrected chi connectivity index (χ1v) is 11.7. The molecule has 33 heavy (non-hydrogen) atoms. The zero-order valence-electron chi connectivity index (χ0n) is 20.0. The van der Waals surface area contributed by atoms with E-state index in [1.807, 2.05) is 24.3 Å². The number of carbonyl (C=O) groups is 1. The topological polar surface area (TPSA) is 68.8 Å². The summed E-state index contributed by atoms with van der Waals surface area (Å²) in [4.78, 5) is 19.2. The Labute approximate surface area is 215 Å². The van der Waals surface area contributed by atoms with E-state index in [0.717, 1.165) is 50.4 Å². The minimum Gasteiger partial charge on any atom is -0.357 e. The molecule has 180 valence electrons. The maximum atomic E-state index is 11.8. The van der Waals surface area contributed by atoms with Crippen LogP contribution in [0.15, 0.2) is 59.6 Å². The van der Waals surface area contributed by atoms with Crippen LogP contribution in [0, 0.1) is 0 Å². The van der Waals surface area contributed by atoms with Crippen LogP contribution in [0.1, 0.15) is 48.2 Å². The molecule has 2 atom stereocenters. The fourth-order valence-corrected chi connectivity index (χ4v) is 4.23. The number of aliphatic imine (C=N–C) groups is 1. The normalized spacial score (nSPS) is 18.8. The van der Waals surface area contributed by atoms with Crippen molar-refractivity contribution in [3.05, 3.63) is 71.3 Å². The number of benzene rings is 2. The Bertz CT molecular complexity index is 889. The van der Waals surface area contributed by atoms with Gasteiger partial charge in [0.2, 0.25) is 0 Å². The number of hydrogen-bond acceptors (Lipinski definition) is 3. The quantitative estimate of drug-likeness (QED) is 0.260. The number of guanidine groups is 1. The molecule has 0 radical (unpaired) electrons. The van der Waals surface area contributed by atoms with Crippen molar-refractivity contribution in [1.82, 2.24) is 20.9 Å². The minimum absolute atomic E-state index is 0. The first-order valence-electron chi connectivity index (χ1n) is 11.7. The summed E-state index contributed by atoms with van der Waals surface area (Å²) in [6.45, 7) is 8.02. The third-order valence-corrected chi connectivity index (χ3v) is 6.01. The highest BCUT2D eigenvalue weighted by molar-refractivity contribution is 14.0. The van der Waals surface area contributed by atoms with E-state index in [2.05, 4.69) is 65.0 Å². The number of nitrogens with zero attached hydrogens (tertiary/aromatic N) is 2. The Hall–Kier alpha value is -2.13. The lowest BCUT2D eigenvalue weighted by Crippen LogP contribution is -2.51. The third-order valence-electron chi connectivity index (χ3n) is 6.01. The van der Waals surface area contributed by atoms with Gasteiger partial charge in [-0.1, -0.05) is 42.5 Å². The molecule has 0 bridgehead atoms. The van der Waals surface area contributed by atoms with Crippen molar-refractivity contribution in [2.75, 3.05) is 26.7 Å². The van der Waals surface area contributed by atoms with Gasteiger partial charge in [0.15, 0.2) is 5.96 Å². The van der Waals surface area contributed by atoms with Gasteiger partial charge < -0.3 is 16.0 Å². The van der Waals surface area contributed by atoms with Gasteiger partial charge in [0.05, 0.1) is 0 Å². The first-order chi connectivity index (χ1) is 15.6. The number of carbonyl (C=O) groups excluding carboxylic acids is 1. The van der Waals surface area contributed by atoms with Crippen LogP contribution in [-0.2, 0) is 13.0 Å². The fourth-order valence-electron chi connectivity index (χ4n) is 4.23. The number of likely N-dealkylation sites (tertiary alicyclic amines) is 1. The van der Waals surface area contributed by atoms with Gasteiger partial charge in [-0.3, -0.25) is 14.7 Å². The van der Waals surface area contributed by atoms with Crippen molar-refractivity contribution in [1.29, 1.82) is 0 Å². The second kappa shape index (κ2) is 14.2. The van der Waals surface area contributed by atoms with Crippen LogP contribution in [0.5, 0.6) is 0 Å². The number of hydrogen-bond donors (Lipinski definition) is 3. The van der Waals surface area contributed by atoms with Gasteiger partial charge in [0.1, 0.15) is 0 Å². The maximum Gasteiger partial charge on any atom is 0.251 e. The molecule has 1 aliphatic heterocycles. The van der Waals surface area contributed by atoms with Gasteiger partial charge in [-0.15, -0.1) is 24.0 Å². The summed E-state index contributed by atoms with van der Waals surface area (Å²) in [5.41, 5.74) is 3.19. The molecule has 2 aromatic carbocycles. The second-order valence-electron chi connectivity index (χ2n) is 8.46. The van der Waals surface area contributed by atoms with Crippen molar-refractivity contribution in [2.24, 2.45) is 4.99 Å². The lowest BCUT2D eigenvalue weighted by Gasteiger charge is -2.38.